The van der Waals surface area contributed by atoms with Gasteiger partial charge >= 0.3 is 0 Å². The van der Waals surface area contributed by atoms with Gasteiger partial charge in [0.05, 0.1) is 6.61 Å². The lowest BCUT2D eigenvalue weighted by Crippen LogP contribution is -2.27. The Morgan fingerprint density at radius 3 is 1.89 bits per heavy atom. The van der Waals surface area contributed by atoms with E-state index in [-0.39, 0.29) is 5.60 Å². The quantitative estimate of drug-likeness (QED) is 0.912. The summed E-state index contributed by atoms with van der Waals surface area (Å²) in [5, 5.41) is 0. The molecule has 19 heavy (non-hydrogen) atoms. The SMILES string of the molecule is NCC1COC(c2ccccc2)(c2ccccc2)C1. The maximum Gasteiger partial charge on any atom is 0.118 e. The molecule has 1 fully saturated rings. The van der Waals surface area contributed by atoms with Crippen LogP contribution in [0.3, 0.4) is 0 Å². The molecule has 0 aromatic heterocycles. The Bertz CT molecular complexity index is 484. The number of ether oxygens (including phenoxy) is 1. The fraction of sp³-hybridized carbons (Fsp3) is 0.294. The highest BCUT2D eigenvalue weighted by Crippen LogP contribution is 2.44. The highest BCUT2D eigenvalue weighted by atomic mass is 16.5. The second-order valence-corrected chi connectivity index (χ2v) is 5.18. The number of hydrogen-bond acceptors (Lipinski definition) is 2. The van der Waals surface area contributed by atoms with Crippen molar-refractivity contribution < 1.29 is 4.74 Å². The van der Waals surface area contributed by atoms with E-state index >= 15 is 0 Å². The molecule has 0 saturated carbocycles. The first-order valence-corrected chi connectivity index (χ1v) is 6.80. The molecule has 1 atom stereocenters. The van der Waals surface area contributed by atoms with Gasteiger partial charge < -0.3 is 10.5 Å². The molecule has 1 aliphatic rings. The van der Waals surface area contributed by atoms with Gasteiger partial charge in [0.15, 0.2) is 0 Å². The summed E-state index contributed by atoms with van der Waals surface area (Å²) in [5.41, 5.74) is 7.94. The molecular weight excluding hydrogens is 234 g/mol. The Morgan fingerprint density at radius 1 is 0.947 bits per heavy atom. The van der Waals surface area contributed by atoms with E-state index in [1.54, 1.807) is 0 Å². The summed E-state index contributed by atoms with van der Waals surface area (Å²) in [6.07, 6.45) is 0.956. The molecule has 3 rings (SSSR count). The van der Waals surface area contributed by atoms with Gasteiger partial charge in [-0.2, -0.15) is 0 Å². The molecule has 2 heteroatoms. The summed E-state index contributed by atoms with van der Waals surface area (Å²) < 4.78 is 6.24. The Morgan fingerprint density at radius 2 is 1.47 bits per heavy atom. The number of nitrogens with two attached hydrogens (primary N) is 1. The molecule has 0 spiro atoms. The third-order valence-electron chi connectivity index (χ3n) is 3.96. The van der Waals surface area contributed by atoms with E-state index in [4.69, 9.17) is 10.5 Å². The molecule has 0 radical (unpaired) electrons. The second-order valence-electron chi connectivity index (χ2n) is 5.18. The summed E-state index contributed by atoms with van der Waals surface area (Å²) in [6.45, 7) is 1.42. The molecule has 2 nitrogen and oxygen atoms in total. The van der Waals surface area contributed by atoms with Gasteiger partial charge in [0.2, 0.25) is 0 Å². The topological polar surface area (TPSA) is 35.2 Å². The van der Waals surface area contributed by atoms with E-state index < -0.39 is 0 Å². The molecule has 0 amide bonds. The summed E-state index contributed by atoms with van der Waals surface area (Å²) in [4.78, 5) is 0. The van der Waals surface area contributed by atoms with Crippen LogP contribution in [0.5, 0.6) is 0 Å². The average Bonchev–Trinajstić information content (AvgIpc) is 2.95. The smallest absolute Gasteiger partial charge is 0.118 e. The normalized spacial score (nSPS) is 21.4. The van der Waals surface area contributed by atoms with Crippen molar-refractivity contribution in [3.63, 3.8) is 0 Å². The molecule has 0 aliphatic carbocycles. The van der Waals surface area contributed by atoms with Gasteiger partial charge in [-0.3, -0.25) is 0 Å². The molecule has 1 unspecified atom stereocenters. The zero-order valence-electron chi connectivity index (χ0n) is 11.0. The van der Waals surface area contributed by atoms with E-state index in [2.05, 4.69) is 48.5 Å². The van der Waals surface area contributed by atoms with Crippen LogP contribution in [0.25, 0.3) is 0 Å². The van der Waals surface area contributed by atoms with Crippen LogP contribution in [-0.2, 0) is 10.3 Å². The minimum atomic E-state index is -0.327. The van der Waals surface area contributed by atoms with Crippen molar-refractivity contribution in [3.05, 3.63) is 71.8 Å². The maximum atomic E-state index is 6.24. The van der Waals surface area contributed by atoms with E-state index in [1.807, 2.05) is 12.1 Å². The first kappa shape index (κ1) is 12.4. The van der Waals surface area contributed by atoms with Gasteiger partial charge in [-0.1, -0.05) is 60.7 Å². The van der Waals surface area contributed by atoms with Crippen LogP contribution in [-0.4, -0.2) is 13.2 Å². The van der Waals surface area contributed by atoms with Crippen LogP contribution >= 0.6 is 0 Å². The maximum absolute atomic E-state index is 6.24. The highest BCUT2D eigenvalue weighted by Gasteiger charge is 2.42. The van der Waals surface area contributed by atoms with Crippen LogP contribution in [0.1, 0.15) is 17.5 Å². The Balaban J connectivity index is 2.07. The molecule has 1 aliphatic heterocycles. The third kappa shape index (κ3) is 2.18. The predicted octanol–water partition coefficient (Wildman–Crippen LogP) is 2.93. The molecule has 1 saturated heterocycles. The van der Waals surface area contributed by atoms with E-state index in [1.165, 1.54) is 11.1 Å². The lowest BCUT2D eigenvalue weighted by atomic mass is 9.81. The van der Waals surface area contributed by atoms with Crippen LogP contribution in [0, 0.1) is 5.92 Å². The second kappa shape index (κ2) is 5.16. The number of benzene rings is 2. The fourth-order valence-electron chi connectivity index (χ4n) is 2.92. The predicted molar refractivity (Wildman–Crippen MR) is 76.8 cm³/mol. The zero-order chi connectivity index (χ0) is 13.1. The van der Waals surface area contributed by atoms with Gasteiger partial charge in [0, 0.05) is 0 Å². The summed E-state index contributed by atoms with van der Waals surface area (Å²) in [7, 11) is 0. The third-order valence-corrected chi connectivity index (χ3v) is 3.96. The standard InChI is InChI=1S/C17H19NO/c18-12-14-11-17(19-13-14,15-7-3-1-4-8-15)16-9-5-2-6-10-16/h1-10,14H,11-13,18H2. The monoisotopic (exact) mass is 253 g/mol. The lowest BCUT2D eigenvalue weighted by molar-refractivity contribution is 0.0345. The Labute approximate surface area is 114 Å². The average molecular weight is 253 g/mol. The molecule has 2 aromatic carbocycles. The minimum absolute atomic E-state index is 0.327. The molecule has 2 aromatic rings. The van der Waals surface area contributed by atoms with Crippen molar-refractivity contribution in [1.29, 1.82) is 0 Å². The van der Waals surface area contributed by atoms with Crippen molar-refractivity contribution in [2.75, 3.05) is 13.2 Å². The number of rotatable bonds is 3. The van der Waals surface area contributed by atoms with Crippen molar-refractivity contribution in [1.82, 2.24) is 0 Å². The van der Waals surface area contributed by atoms with Crippen molar-refractivity contribution in [2.45, 2.75) is 12.0 Å². The van der Waals surface area contributed by atoms with Crippen molar-refractivity contribution in [2.24, 2.45) is 11.7 Å². The summed E-state index contributed by atoms with van der Waals surface area (Å²) in [6, 6.07) is 20.9. The fourth-order valence-corrected chi connectivity index (χ4v) is 2.92. The first-order valence-electron chi connectivity index (χ1n) is 6.80. The molecular formula is C17H19NO. The van der Waals surface area contributed by atoms with E-state index in [0.717, 1.165) is 13.0 Å². The van der Waals surface area contributed by atoms with Gasteiger partial charge in [-0.05, 0) is 30.0 Å². The first-order chi connectivity index (χ1) is 9.35. The Hall–Kier alpha value is -1.64. The van der Waals surface area contributed by atoms with E-state index in [0.29, 0.717) is 12.5 Å². The van der Waals surface area contributed by atoms with Crippen LogP contribution in [0.2, 0.25) is 0 Å². The molecule has 1 heterocycles. The lowest BCUT2D eigenvalue weighted by Gasteiger charge is -2.30. The van der Waals surface area contributed by atoms with Crippen molar-refractivity contribution in [3.8, 4) is 0 Å². The minimum Gasteiger partial charge on any atom is -0.365 e. The Kier molecular flexibility index (Phi) is 3.36. The van der Waals surface area contributed by atoms with Crippen molar-refractivity contribution >= 4 is 0 Å². The zero-order valence-corrected chi connectivity index (χ0v) is 11.0. The molecule has 0 bridgehead atoms. The molecule has 2 N–H and O–H groups in total. The summed E-state index contributed by atoms with van der Waals surface area (Å²) in [5.74, 6) is 0.431. The van der Waals surface area contributed by atoms with Crippen LogP contribution in [0.4, 0.5) is 0 Å². The highest BCUT2D eigenvalue weighted by molar-refractivity contribution is 5.37. The van der Waals surface area contributed by atoms with Gasteiger partial charge in [-0.25, -0.2) is 0 Å². The van der Waals surface area contributed by atoms with Gasteiger partial charge in [-0.15, -0.1) is 0 Å². The number of hydrogen-bond donors (Lipinski definition) is 1. The molecule has 98 valence electrons. The summed E-state index contributed by atoms with van der Waals surface area (Å²) >= 11 is 0. The van der Waals surface area contributed by atoms with Crippen LogP contribution in [0.15, 0.2) is 60.7 Å². The largest absolute Gasteiger partial charge is 0.365 e. The van der Waals surface area contributed by atoms with Gasteiger partial charge in [0.1, 0.15) is 5.60 Å². The van der Waals surface area contributed by atoms with E-state index in [9.17, 15) is 0 Å². The van der Waals surface area contributed by atoms with Gasteiger partial charge in [0.25, 0.3) is 0 Å². The van der Waals surface area contributed by atoms with Crippen LogP contribution < -0.4 is 5.73 Å².